The molecule has 9 nitrogen and oxygen atoms in total. The highest BCUT2D eigenvalue weighted by molar-refractivity contribution is 6.45. The number of benzene rings is 1. The molecule has 2 aliphatic rings. The Morgan fingerprint density at radius 1 is 1.00 bits per heavy atom. The molecule has 1 fully saturated rings. The number of urea groups is 1. The lowest BCUT2D eigenvalue weighted by Gasteiger charge is -2.17. The third kappa shape index (κ3) is 4.73. The van der Waals surface area contributed by atoms with Crippen molar-refractivity contribution in [2.45, 2.75) is 32.1 Å². The lowest BCUT2D eigenvalue weighted by molar-refractivity contribution is -0.143. The molecule has 158 valence electrons. The molecule has 1 aliphatic heterocycles. The third-order valence-electron chi connectivity index (χ3n) is 5.14. The van der Waals surface area contributed by atoms with Gasteiger partial charge >= 0.3 is 17.8 Å². The first-order chi connectivity index (χ1) is 14.4. The number of anilines is 1. The van der Waals surface area contributed by atoms with Crippen LogP contribution in [0.1, 0.15) is 42.5 Å². The number of amides is 6. The minimum atomic E-state index is -0.997. The number of imide groups is 2. The SMILES string of the molecule is CNC(=O)c1ccc(NC(=O)CN2C(=O)C(=O)N(CCC3=CCCCC3)C2=O)cc1. The fourth-order valence-electron chi connectivity index (χ4n) is 3.47. The van der Waals surface area contributed by atoms with E-state index in [1.165, 1.54) is 36.9 Å². The average molecular weight is 412 g/mol. The van der Waals surface area contributed by atoms with Gasteiger partial charge < -0.3 is 10.6 Å². The number of allylic oxidation sites excluding steroid dienone is 1. The van der Waals surface area contributed by atoms with E-state index in [1.54, 1.807) is 0 Å². The van der Waals surface area contributed by atoms with Crippen molar-refractivity contribution in [1.29, 1.82) is 0 Å². The van der Waals surface area contributed by atoms with Crippen molar-refractivity contribution in [3.63, 3.8) is 0 Å². The largest absolute Gasteiger partial charge is 0.355 e. The monoisotopic (exact) mass is 412 g/mol. The quantitative estimate of drug-likeness (QED) is 0.401. The molecule has 0 spiro atoms. The van der Waals surface area contributed by atoms with Gasteiger partial charge in [0.25, 0.3) is 5.91 Å². The summed E-state index contributed by atoms with van der Waals surface area (Å²) in [4.78, 5) is 62.3. The maximum atomic E-state index is 12.5. The van der Waals surface area contributed by atoms with Crippen LogP contribution >= 0.6 is 0 Å². The van der Waals surface area contributed by atoms with E-state index in [-0.39, 0.29) is 12.5 Å². The Morgan fingerprint density at radius 2 is 1.70 bits per heavy atom. The topological polar surface area (TPSA) is 116 Å². The van der Waals surface area contributed by atoms with Crippen molar-refractivity contribution in [3.8, 4) is 0 Å². The normalized spacial score (nSPS) is 16.6. The summed E-state index contributed by atoms with van der Waals surface area (Å²) in [5.74, 6) is -2.78. The molecule has 3 rings (SSSR count). The minimum Gasteiger partial charge on any atom is -0.355 e. The number of hydrogen-bond acceptors (Lipinski definition) is 5. The van der Waals surface area contributed by atoms with E-state index in [0.717, 1.165) is 30.6 Å². The summed E-state index contributed by atoms with van der Waals surface area (Å²) in [6.07, 6.45) is 6.82. The maximum absolute atomic E-state index is 12.5. The Kier molecular flexibility index (Phi) is 6.61. The highest BCUT2D eigenvalue weighted by atomic mass is 16.2. The van der Waals surface area contributed by atoms with Gasteiger partial charge in [0.1, 0.15) is 6.54 Å². The van der Waals surface area contributed by atoms with Crippen LogP contribution < -0.4 is 10.6 Å². The molecule has 1 saturated heterocycles. The van der Waals surface area contributed by atoms with Gasteiger partial charge in [0.15, 0.2) is 0 Å². The first-order valence-corrected chi connectivity index (χ1v) is 9.88. The fraction of sp³-hybridized carbons (Fsp3) is 0.381. The van der Waals surface area contributed by atoms with Crippen LogP contribution in [0.3, 0.4) is 0 Å². The Labute approximate surface area is 174 Å². The lowest BCUT2D eigenvalue weighted by Crippen LogP contribution is -2.39. The summed E-state index contributed by atoms with van der Waals surface area (Å²) in [5, 5.41) is 5.04. The second-order valence-electron chi connectivity index (χ2n) is 7.19. The molecule has 1 heterocycles. The van der Waals surface area contributed by atoms with Crippen molar-refractivity contribution < 1.29 is 24.0 Å². The summed E-state index contributed by atoms with van der Waals surface area (Å²) in [5.41, 5.74) is 2.01. The van der Waals surface area contributed by atoms with Crippen LogP contribution in [0.4, 0.5) is 10.5 Å². The summed E-state index contributed by atoms with van der Waals surface area (Å²) >= 11 is 0. The van der Waals surface area contributed by atoms with E-state index < -0.39 is 30.3 Å². The highest BCUT2D eigenvalue weighted by Crippen LogP contribution is 2.22. The van der Waals surface area contributed by atoms with Crippen LogP contribution in [0.2, 0.25) is 0 Å². The first-order valence-electron chi connectivity index (χ1n) is 9.88. The Balaban J connectivity index is 1.57. The van der Waals surface area contributed by atoms with Crippen molar-refractivity contribution in [2.75, 3.05) is 25.5 Å². The average Bonchev–Trinajstić information content (AvgIpc) is 2.96. The molecule has 9 heteroatoms. The zero-order valence-electron chi connectivity index (χ0n) is 16.8. The van der Waals surface area contributed by atoms with Gasteiger partial charge in [-0.1, -0.05) is 11.6 Å². The molecule has 1 aliphatic carbocycles. The molecule has 1 aromatic rings. The molecule has 0 aromatic heterocycles. The van der Waals surface area contributed by atoms with Gasteiger partial charge in [-0.2, -0.15) is 0 Å². The number of rotatable bonds is 7. The van der Waals surface area contributed by atoms with Crippen molar-refractivity contribution in [3.05, 3.63) is 41.5 Å². The number of carbonyl (C=O) groups is 5. The van der Waals surface area contributed by atoms with E-state index in [4.69, 9.17) is 0 Å². The standard InChI is InChI=1S/C21H24N4O5/c1-22-18(27)15-7-9-16(10-8-15)23-17(26)13-25-20(29)19(28)24(21(25)30)12-11-14-5-3-2-4-6-14/h5,7-10H,2-4,6,11-13H2,1H3,(H,22,27)(H,23,26). The minimum absolute atomic E-state index is 0.133. The predicted octanol–water partition coefficient (Wildman–Crippen LogP) is 1.67. The summed E-state index contributed by atoms with van der Waals surface area (Å²) in [6.45, 7) is -0.423. The molecule has 2 N–H and O–H groups in total. The van der Waals surface area contributed by atoms with E-state index in [1.807, 2.05) is 0 Å². The lowest BCUT2D eigenvalue weighted by atomic mass is 9.97. The summed E-state index contributed by atoms with van der Waals surface area (Å²) in [7, 11) is 1.51. The molecule has 30 heavy (non-hydrogen) atoms. The second kappa shape index (κ2) is 9.34. The van der Waals surface area contributed by atoms with Crippen LogP contribution in [-0.2, 0) is 14.4 Å². The third-order valence-corrected chi connectivity index (χ3v) is 5.14. The van der Waals surface area contributed by atoms with E-state index in [9.17, 15) is 24.0 Å². The van der Waals surface area contributed by atoms with Gasteiger partial charge in [0, 0.05) is 24.8 Å². The maximum Gasteiger partial charge on any atom is 0.334 e. The van der Waals surface area contributed by atoms with Gasteiger partial charge in [-0.05, 0) is 56.4 Å². The number of carbonyl (C=O) groups excluding carboxylic acids is 5. The Bertz CT molecular complexity index is 906. The predicted molar refractivity (Wildman–Crippen MR) is 108 cm³/mol. The van der Waals surface area contributed by atoms with E-state index in [0.29, 0.717) is 22.6 Å². The number of nitrogens with zero attached hydrogens (tertiary/aromatic N) is 2. The number of nitrogens with one attached hydrogen (secondary N) is 2. The van der Waals surface area contributed by atoms with Crippen LogP contribution in [0.25, 0.3) is 0 Å². The van der Waals surface area contributed by atoms with Crippen LogP contribution in [0.5, 0.6) is 0 Å². The molecular weight excluding hydrogens is 388 g/mol. The number of hydrogen-bond donors (Lipinski definition) is 2. The first kappa shape index (κ1) is 21.2. The van der Waals surface area contributed by atoms with Crippen LogP contribution in [0, 0.1) is 0 Å². The van der Waals surface area contributed by atoms with Gasteiger partial charge in [0.2, 0.25) is 5.91 Å². The molecule has 1 aromatic carbocycles. The Hall–Kier alpha value is -3.49. The van der Waals surface area contributed by atoms with Gasteiger partial charge in [-0.25, -0.2) is 9.69 Å². The molecule has 0 saturated carbocycles. The van der Waals surface area contributed by atoms with Gasteiger partial charge in [-0.3, -0.25) is 24.1 Å². The molecule has 0 atom stereocenters. The van der Waals surface area contributed by atoms with Gasteiger partial charge in [0.05, 0.1) is 0 Å². The fourth-order valence-corrected chi connectivity index (χ4v) is 3.47. The van der Waals surface area contributed by atoms with Crippen molar-refractivity contribution in [2.24, 2.45) is 0 Å². The zero-order chi connectivity index (χ0) is 21.7. The molecular formula is C21H24N4O5. The van der Waals surface area contributed by atoms with Crippen LogP contribution in [0.15, 0.2) is 35.9 Å². The van der Waals surface area contributed by atoms with Crippen molar-refractivity contribution in [1.82, 2.24) is 15.1 Å². The highest BCUT2D eigenvalue weighted by Gasteiger charge is 2.44. The molecule has 0 unspecified atom stereocenters. The zero-order valence-corrected chi connectivity index (χ0v) is 16.8. The van der Waals surface area contributed by atoms with Gasteiger partial charge in [-0.15, -0.1) is 0 Å². The summed E-state index contributed by atoms with van der Waals surface area (Å²) < 4.78 is 0. The molecule has 0 radical (unpaired) electrons. The van der Waals surface area contributed by atoms with Crippen molar-refractivity contribution >= 4 is 35.3 Å². The Morgan fingerprint density at radius 3 is 2.33 bits per heavy atom. The second-order valence-corrected chi connectivity index (χ2v) is 7.19. The van der Waals surface area contributed by atoms with E-state index >= 15 is 0 Å². The summed E-state index contributed by atoms with van der Waals surface area (Å²) in [6, 6.07) is 5.36. The van der Waals surface area contributed by atoms with Crippen LogP contribution in [-0.4, -0.2) is 59.6 Å². The molecule has 0 bridgehead atoms. The van der Waals surface area contributed by atoms with E-state index in [2.05, 4.69) is 16.7 Å². The molecule has 6 amide bonds. The smallest absolute Gasteiger partial charge is 0.334 e.